The molecule has 5 rings (SSSR count). The lowest BCUT2D eigenvalue weighted by Crippen LogP contribution is -2.40. The number of ether oxygens (including phenoxy) is 1. The zero-order valence-electron chi connectivity index (χ0n) is 18.2. The average molecular weight is 451 g/mol. The molecule has 0 saturated heterocycles. The van der Waals surface area contributed by atoms with Gasteiger partial charge >= 0.3 is 0 Å². The maximum absolute atomic E-state index is 13.8. The Balaban J connectivity index is 1.52. The molecule has 162 valence electrons. The second-order valence-corrected chi connectivity index (χ2v) is 8.72. The highest BCUT2D eigenvalue weighted by atomic mass is 32.1. The summed E-state index contributed by atoms with van der Waals surface area (Å²) >= 11 is 1.68. The lowest BCUT2D eigenvalue weighted by atomic mass is 9.91. The Kier molecular flexibility index (Phi) is 5.93. The molecule has 2 aromatic carbocycles. The normalized spacial score (nSPS) is 14.7. The summed E-state index contributed by atoms with van der Waals surface area (Å²) in [4.78, 5) is 21.2. The molecule has 1 unspecified atom stereocenters. The van der Waals surface area contributed by atoms with Crippen molar-refractivity contribution in [2.75, 3.05) is 13.7 Å². The third-order valence-electron chi connectivity index (χ3n) is 5.79. The number of nitrogens with zero attached hydrogens (tertiary/aromatic N) is 2. The quantitative estimate of drug-likeness (QED) is 0.396. The maximum Gasteiger partial charge on any atom is 0.254 e. The van der Waals surface area contributed by atoms with E-state index in [9.17, 15) is 4.79 Å². The van der Waals surface area contributed by atoms with Crippen LogP contribution < -0.4 is 4.74 Å². The Morgan fingerprint density at radius 1 is 1.06 bits per heavy atom. The molecule has 3 heterocycles. The van der Waals surface area contributed by atoms with E-state index in [1.54, 1.807) is 24.6 Å². The van der Waals surface area contributed by atoms with Crippen LogP contribution in [0.25, 0.3) is 0 Å². The molecule has 4 nitrogen and oxygen atoms in total. The molecule has 4 aromatic rings. The first-order valence-electron chi connectivity index (χ1n) is 10.8. The van der Waals surface area contributed by atoms with E-state index in [1.165, 1.54) is 16.0 Å². The van der Waals surface area contributed by atoms with Gasteiger partial charge in [-0.15, -0.1) is 11.3 Å². The van der Waals surface area contributed by atoms with Crippen molar-refractivity contribution in [3.05, 3.63) is 117 Å². The number of rotatable bonds is 3. The van der Waals surface area contributed by atoms with E-state index in [2.05, 4.69) is 46.5 Å². The number of aromatic nitrogens is 1. The molecule has 33 heavy (non-hydrogen) atoms. The predicted octanol–water partition coefficient (Wildman–Crippen LogP) is 5.34. The number of hydrogen-bond donors (Lipinski definition) is 0. The molecule has 0 bridgehead atoms. The van der Waals surface area contributed by atoms with Crippen LogP contribution in [-0.2, 0) is 6.42 Å². The third kappa shape index (κ3) is 4.26. The number of hydrogen-bond acceptors (Lipinski definition) is 4. The Bertz CT molecular complexity index is 1340. The summed E-state index contributed by atoms with van der Waals surface area (Å²) in [7, 11) is 1.61. The summed E-state index contributed by atoms with van der Waals surface area (Å²) in [5.74, 6) is 6.81. The standard InChI is InChI=1S/C28H22N2O2S/c1-32-25-14-12-22(19-21(25)11-13-23-8-4-5-16-29-23)28(31)30-17-15-20-7-2-3-9-24(20)27(30)26-10-6-18-33-26/h2-10,12,14,16,18-19,27H,15,17H2,1H3. The van der Waals surface area contributed by atoms with Gasteiger partial charge in [-0.2, -0.15) is 0 Å². The van der Waals surface area contributed by atoms with Crippen LogP contribution in [0.15, 0.2) is 84.4 Å². The molecule has 1 amide bonds. The minimum Gasteiger partial charge on any atom is -0.495 e. The van der Waals surface area contributed by atoms with Crippen molar-refractivity contribution in [3.8, 4) is 17.6 Å². The van der Waals surface area contributed by atoms with E-state index in [4.69, 9.17) is 4.74 Å². The molecule has 0 fully saturated rings. The minimum atomic E-state index is -0.0902. The van der Waals surface area contributed by atoms with Gasteiger partial charge < -0.3 is 9.64 Å². The predicted molar refractivity (Wildman–Crippen MR) is 131 cm³/mol. The van der Waals surface area contributed by atoms with Crippen LogP contribution in [-0.4, -0.2) is 29.4 Å². The van der Waals surface area contributed by atoms with Gasteiger partial charge in [0.25, 0.3) is 5.91 Å². The molecule has 0 saturated carbocycles. The number of benzene rings is 2. The number of pyridine rings is 1. The van der Waals surface area contributed by atoms with Gasteiger partial charge in [0.2, 0.25) is 0 Å². The summed E-state index contributed by atoms with van der Waals surface area (Å²) in [6.07, 6.45) is 2.55. The fourth-order valence-electron chi connectivity index (χ4n) is 4.21. The molecule has 0 spiro atoms. The first kappa shape index (κ1) is 21.0. The molecule has 0 radical (unpaired) electrons. The van der Waals surface area contributed by atoms with Crippen LogP contribution in [0.5, 0.6) is 5.75 Å². The number of amides is 1. The van der Waals surface area contributed by atoms with Gasteiger partial charge in [0.1, 0.15) is 11.4 Å². The highest BCUT2D eigenvalue weighted by Crippen LogP contribution is 2.38. The van der Waals surface area contributed by atoms with Gasteiger partial charge in [-0.3, -0.25) is 4.79 Å². The highest BCUT2D eigenvalue weighted by Gasteiger charge is 2.33. The molecule has 1 atom stereocenters. The smallest absolute Gasteiger partial charge is 0.254 e. The molecular formula is C28H22N2O2S. The van der Waals surface area contributed by atoms with Gasteiger partial charge in [0.15, 0.2) is 0 Å². The van der Waals surface area contributed by atoms with Crippen molar-refractivity contribution < 1.29 is 9.53 Å². The topological polar surface area (TPSA) is 42.4 Å². The van der Waals surface area contributed by atoms with Crippen molar-refractivity contribution in [2.45, 2.75) is 12.5 Å². The lowest BCUT2D eigenvalue weighted by molar-refractivity contribution is 0.0697. The first-order chi connectivity index (χ1) is 16.2. The summed E-state index contributed by atoms with van der Waals surface area (Å²) in [5, 5.41) is 2.06. The summed E-state index contributed by atoms with van der Waals surface area (Å²) in [6, 6.07) is 23.5. The van der Waals surface area contributed by atoms with Crippen LogP contribution in [0.3, 0.4) is 0 Å². The number of carbonyl (C=O) groups is 1. The molecule has 0 N–H and O–H groups in total. The Hall–Kier alpha value is -3.88. The molecule has 0 aliphatic carbocycles. The monoisotopic (exact) mass is 450 g/mol. The van der Waals surface area contributed by atoms with Crippen LogP contribution in [0.4, 0.5) is 0 Å². The highest BCUT2D eigenvalue weighted by molar-refractivity contribution is 7.10. The largest absolute Gasteiger partial charge is 0.495 e. The third-order valence-corrected chi connectivity index (χ3v) is 6.72. The second-order valence-electron chi connectivity index (χ2n) is 7.75. The average Bonchev–Trinajstić information content (AvgIpc) is 3.41. The number of fused-ring (bicyclic) bond motifs is 1. The molecular weight excluding hydrogens is 428 g/mol. The molecule has 2 aromatic heterocycles. The SMILES string of the molecule is COc1ccc(C(=O)N2CCc3ccccc3C2c2cccs2)cc1C#Cc1ccccn1. The van der Waals surface area contributed by atoms with E-state index in [1.807, 2.05) is 53.4 Å². The maximum atomic E-state index is 13.8. The van der Waals surface area contributed by atoms with E-state index in [0.29, 0.717) is 29.1 Å². The fourth-order valence-corrected chi connectivity index (χ4v) is 5.07. The van der Waals surface area contributed by atoms with Crippen molar-refractivity contribution in [2.24, 2.45) is 0 Å². The van der Waals surface area contributed by atoms with Gasteiger partial charge in [-0.05, 0) is 65.2 Å². The minimum absolute atomic E-state index is 0.00792. The van der Waals surface area contributed by atoms with Gasteiger partial charge in [-0.1, -0.05) is 42.3 Å². The van der Waals surface area contributed by atoms with Crippen molar-refractivity contribution in [1.29, 1.82) is 0 Å². The van der Waals surface area contributed by atoms with Gasteiger partial charge in [0.05, 0.1) is 18.7 Å². The van der Waals surface area contributed by atoms with Crippen molar-refractivity contribution in [3.63, 3.8) is 0 Å². The van der Waals surface area contributed by atoms with E-state index >= 15 is 0 Å². The van der Waals surface area contributed by atoms with E-state index < -0.39 is 0 Å². The summed E-state index contributed by atoms with van der Waals surface area (Å²) in [5.41, 5.74) is 4.43. The zero-order valence-corrected chi connectivity index (χ0v) is 19.0. The van der Waals surface area contributed by atoms with Crippen LogP contribution in [0.1, 0.15) is 43.7 Å². The van der Waals surface area contributed by atoms with Crippen LogP contribution >= 0.6 is 11.3 Å². The Morgan fingerprint density at radius 3 is 2.73 bits per heavy atom. The number of methoxy groups -OCH3 is 1. The number of carbonyl (C=O) groups excluding carboxylic acids is 1. The molecule has 1 aliphatic heterocycles. The van der Waals surface area contributed by atoms with Gasteiger partial charge in [0, 0.05) is 23.2 Å². The van der Waals surface area contributed by atoms with Crippen molar-refractivity contribution in [1.82, 2.24) is 9.88 Å². The number of thiophene rings is 1. The van der Waals surface area contributed by atoms with Gasteiger partial charge in [-0.25, -0.2) is 4.98 Å². The summed E-state index contributed by atoms with van der Waals surface area (Å²) in [6.45, 7) is 0.666. The lowest BCUT2D eigenvalue weighted by Gasteiger charge is -2.37. The van der Waals surface area contributed by atoms with Crippen LogP contribution in [0, 0.1) is 11.8 Å². The van der Waals surface area contributed by atoms with E-state index in [-0.39, 0.29) is 11.9 Å². The fraction of sp³-hybridized carbons (Fsp3) is 0.143. The van der Waals surface area contributed by atoms with Crippen molar-refractivity contribution >= 4 is 17.2 Å². The summed E-state index contributed by atoms with van der Waals surface area (Å²) < 4.78 is 5.49. The van der Waals surface area contributed by atoms with E-state index in [0.717, 1.165) is 6.42 Å². The zero-order chi connectivity index (χ0) is 22.6. The second kappa shape index (κ2) is 9.32. The molecule has 1 aliphatic rings. The van der Waals surface area contributed by atoms with Crippen LogP contribution in [0.2, 0.25) is 0 Å². The first-order valence-corrected chi connectivity index (χ1v) is 11.7. The Morgan fingerprint density at radius 2 is 1.94 bits per heavy atom. The Labute approximate surface area is 197 Å². The molecule has 5 heteroatoms.